The molecule has 30 heavy (non-hydrogen) atoms. The molecule has 1 aromatic carbocycles. The summed E-state index contributed by atoms with van der Waals surface area (Å²) in [5, 5.41) is 12.9. The number of aromatic hydroxyl groups is 1. The van der Waals surface area contributed by atoms with Crippen LogP contribution in [0.4, 0.5) is 0 Å². The summed E-state index contributed by atoms with van der Waals surface area (Å²) in [5.74, 6) is 3.31. The van der Waals surface area contributed by atoms with Crippen molar-refractivity contribution < 1.29 is 14.7 Å². The third-order valence-electron chi connectivity index (χ3n) is 8.27. The number of benzene rings is 1. The van der Waals surface area contributed by atoms with Gasteiger partial charge in [-0.25, -0.2) is 0 Å². The second-order valence-corrected chi connectivity index (χ2v) is 10.4. The van der Waals surface area contributed by atoms with E-state index in [1.165, 1.54) is 32.1 Å². The van der Waals surface area contributed by atoms with Gasteiger partial charge in [-0.1, -0.05) is 19.1 Å². The number of hydrogen-bond acceptors (Lipinski definition) is 3. The minimum absolute atomic E-state index is 0.0748. The van der Waals surface area contributed by atoms with E-state index >= 15 is 0 Å². The zero-order valence-corrected chi connectivity index (χ0v) is 17.9. The van der Waals surface area contributed by atoms with E-state index in [0.717, 1.165) is 30.2 Å². The quantitative estimate of drug-likeness (QED) is 0.781. The van der Waals surface area contributed by atoms with Gasteiger partial charge in [-0.2, -0.15) is 0 Å². The van der Waals surface area contributed by atoms with E-state index in [9.17, 15) is 14.7 Å². The van der Waals surface area contributed by atoms with E-state index in [-0.39, 0.29) is 29.5 Å². The lowest BCUT2D eigenvalue weighted by Gasteiger charge is -2.54. The van der Waals surface area contributed by atoms with Gasteiger partial charge in [0.25, 0.3) is 0 Å². The lowest BCUT2D eigenvalue weighted by atomic mass is 9.54. The smallest absolute Gasteiger partial charge is 0.243 e. The predicted octanol–water partition coefficient (Wildman–Crippen LogP) is 3.50. The molecule has 1 saturated heterocycles. The molecule has 4 aliphatic carbocycles. The maximum absolute atomic E-state index is 13.2. The lowest BCUT2D eigenvalue weighted by Crippen LogP contribution is -2.58. The first-order chi connectivity index (χ1) is 14.5. The molecule has 2 amide bonds. The molecule has 1 heterocycles. The summed E-state index contributed by atoms with van der Waals surface area (Å²) >= 11 is 0. The number of nitrogens with zero attached hydrogens (tertiary/aromatic N) is 1. The van der Waals surface area contributed by atoms with Crippen LogP contribution in [0.25, 0.3) is 0 Å². The highest BCUT2D eigenvalue weighted by Gasteiger charge is 2.49. The molecule has 6 rings (SSSR count). The van der Waals surface area contributed by atoms with Crippen LogP contribution in [0.15, 0.2) is 24.3 Å². The van der Waals surface area contributed by atoms with Crippen molar-refractivity contribution in [2.75, 3.05) is 6.54 Å². The maximum Gasteiger partial charge on any atom is 0.243 e. The molecule has 2 N–H and O–H groups in total. The first-order valence-electron chi connectivity index (χ1n) is 11.9. The van der Waals surface area contributed by atoms with E-state index in [0.29, 0.717) is 30.8 Å². The highest BCUT2D eigenvalue weighted by atomic mass is 16.3. The molecular formula is C25H34N2O3. The average Bonchev–Trinajstić information content (AvgIpc) is 3.21. The Hall–Kier alpha value is -2.04. The zero-order chi connectivity index (χ0) is 20.8. The van der Waals surface area contributed by atoms with Crippen LogP contribution in [0.1, 0.15) is 57.4 Å². The topological polar surface area (TPSA) is 69.6 Å². The summed E-state index contributed by atoms with van der Waals surface area (Å²) in [6.45, 7) is 2.62. The third-order valence-corrected chi connectivity index (χ3v) is 8.27. The van der Waals surface area contributed by atoms with Crippen molar-refractivity contribution in [2.24, 2.45) is 29.6 Å². The first-order valence-corrected chi connectivity index (χ1v) is 11.9. The summed E-state index contributed by atoms with van der Waals surface area (Å²) in [5.41, 5.74) is 1.03. The minimum atomic E-state index is -0.308. The fraction of sp³-hybridized carbons (Fsp3) is 0.680. The Morgan fingerprint density at radius 2 is 1.70 bits per heavy atom. The molecule has 1 aliphatic heterocycles. The fourth-order valence-corrected chi connectivity index (χ4v) is 7.08. The van der Waals surface area contributed by atoms with Crippen LogP contribution in [-0.4, -0.2) is 40.4 Å². The largest absolute Gasteiger partial charge is 0.508 e. The van der Waals surface area contributed by atoms with E-state index in [1.54, 1.807) is 12.1 Å². The Morgan fingerprint density at radius 3 is 2.33 bits per heavy atom. The fourth-order valence-electron chi connectivity index (χ4n) is 7.08. The zero-order valence-electron chi connectivity index (χ0n) is 17.9. The molecule has 5 heteroatoms. The van der Waals surface area contributed by atoms with Gasteiger partial charge in [0.15, 0.2) is 0 Å². The molecule has 0 unspecified atom stereocenters. The van der Waals surface area contributed by atoms with Crippen molar-refractivity contribution in [3.63, 3.8) is 0 Å². The predicted molar refractivity (Wildman–Crippen MR) is 115 cm³/mol. The van der Waals surface area contributed by atoms with E-state index < -0.39 is 0 Å². The van der Waals surface area contributed by atoms with Gasteiger partial charge in [0.05, 0.1) is 0 Å². The van der Waals surface area contributed by atoms with Crippen LogP contribution in [0.2, 0.25) is 0 Å². The summed E-state index contributed by atoms with van der Waals surface area (Å²) < 4.78 is 0. The van der Waals surface area contributed by atoms with Crippen LogP contribution in [-0.2, 0) is 16.0 Å². The highest BCUT2D eigenvalue weighted by Crippen LogP contribution is 2.53. The van der Waals surface area contributed by atoms with Gasteiger partial charge < -0.3 is 15.3 Å². The number of likely N-dealkylation sites (tertiary alicyclic amines) is 1. The number of carbonyl (C=O) groups is 2. The van der Waals surface area contributed by atoms with Crippen LogP contribution < -0.4 is 5.32 Å². The Kier molecular flexibility index (Phi) is 5.24. The van der Waals surface area contributed by atoms with Gasteiger partial charge in [-0.05, 0) is 92.7 Å². The first kappa shape index (κ1) is 19.9. The summed E-state index contributed by atoms with van der Waals surface area (Å²) in [7, 11) is 0. The van der Waals surface area contributed by atoms with E-state index in [2.05, 4.69) is 5.32 Å². The molecule has 0 spiro atoms. The van der Waals surface area contributed by atoms with E-state index in [4.69, 9.17) is 0 Å². The summed E-state index contributed by atoms with van der Waals surface area (Å²) in [4.78, 5) is 28.2. The number of phenolic OH excluding ortho intramolecular Hbond substituents is 1. The number of phenols is 1. The monoisotopic (exact) mass is 410 g/mol. The Balaban J connectivity index is 1.21. The summed E-state index contributed by atoms with van der Waals surface area (Å²) in [6, 6.07) is 7.06. The van der Waals surface area contributed by atoms with Gasteiger partial charge in [0.1, 0.15) is 11.8 Å². The van der Waals surface area contributed by atoms with Gasteiger partial charge in [0.2, 0.25) is 11.8 Å². The second kappa shape index (κ2) is 7.90. The standard InChI is InChI=1S/C25H34N2O3/c1-15(9-16-4-6-21(28)7-5-16)25(30)27-8-2-3-22(27)24(29)26-23-19-11-17-10-18(13-19)14-20(23)12-17/h4-7,15,17-20,22-23,28H,2-3,8-14H2,1H3,(H,26,29)/t15-,17?,18?,19?,20?,22+,23?/m0/s1. The molecule has 5 aliphatic rings. The third kappa shape index (κ3) is 3.72. The number of carbonyl (C=O) groups excluding carboxylic acids is 2. The van der Waals surface area contributed by atoms with Crippen molar-refractivity contribution in [3.8, 4) is 5.75 Å². The van der Waals surface area contributed by atoms with Gasteiger partial charge in [0, 0.05) is 18.5 Å². The molecule has 5 nitrogen and oxygen atoms in total. The molecule has 0 radical (unpaired) electrons. The number of nitrogens with one attached hydrogen (secondary N) is 1. The highest BCUT2D eigenvalue weighted by molar-refractivity contribution is 5.89. The Labute approximate surface area is 179 Å². The van der Waals surface area contributed by atoms with Crippen LogP contribution in [0.5, 0.6) is 5.75 Å². The minimum Gasteiger partial charge on any atom is -0.508 e. The SMILES string of the molecule is C[C@@H](Cc1ccc(O)cc1)C(=O)N1CCC[C@@H]1C(=O)NC1C2CC3CC(C2)CC1C3. The molecule has 1 aromatic rings. The number of hydrogen-bond donors (Lipinski definition) is 2. The molecule has 2 atom stereocenters. The maximum atomic E-state index is 13.2. The van der Waals surface area contributed by atoms with Gasteiger partial charge >= 0.3 is 0 Å². The Bertz CT molecular complexity index is 777. The normalized spacial score (nSPS) is 35.4. The van der Waals surface area contributed by atoms with Crippen LogP contribution in [0, 0.1) is 29.6 Å². The molecule has 4 saturated carbocycles. The Morgan fingerprint density at radius 1 is 1.07 bits per heavy atom. The molecule has 5 fully saturated rings. The van der Waals surface area contributed by atoms with E-state index in [1.807, 2.05) is 24.0 Å². The summed E-state index contributed by atoms with van der Waals surface area (Å²) in [6.07, 6.45) is 8.86. The van der Waals surface area contributed by atoms with Gasteiger partial charge in [-0.3, -0.25) is 9.59 Å². The number of rotatable bonds is 5. The van der Waals surface area contributed by atoms with Crippen LogP contribution >= 0.6 is 0 Å². The number of amides is 2. The molecular weight excluding hydrogens is 376 g/mol. The van der Waals surface area contributed by atoms with Crippen molar-refractivity contribution in [2.45, 2.75) is 70.4 Å². The molecule has 0 aromatic heterocycles. The van der Waals surface area contributed by atoms with Crippen molar-refractivity contribution >= 4 is 11.8 Å². The second-order valence-electron chi connectivity index (χ2n) is 10.4. The van der Waals surface area contributed by atoms with Crippen molar-refractivity contribution in [1.29, 1.82) is 0 Å². The molecule has 4 bridgehead atoms. The van der Waals surface area contributed by atoms with Crippen molar-refractivity contribution in [1.82, 2.24) is 10.2 Å². The van der Waals surface area contributed by atoms with Gasteiger partial charge in [-0.15, -0.1) is 0 Å². The average molecular weight is 411 g/mol. The van der Waals surface area contributed by atoms with Crippen molar-refractivity contribution in [3.05, 3.63) is 29.8 Å². The lowest BCUT2D eigenvalue weighted by molar-refractivity contribution is -0.142. The van der Waals surface area contributed by atoms with Crippen LogP contribution in [0.3, 0.4) is 0 Å². The molecule has 162 valence electrons.